The molecule has 4 heteroatoms. The first-order chi connectivity index (χ1) is 17.5. The van der Waals surface area contributed by atoms with Crippen molar-refractivity contribution in [2.45, 2.75) is 64.5 Å². The fourth-order valence-corrected chi connectivity index (χ4v) is 8.25. The van der Waals surface area contributed by atoms with Crippen LogP contribution in [0.2, 0.25) is 18.1 Å². The van der Waals surface area contributed by atoms with Gasteiger partial charge in [-0.15, -0.1) is 0 Å². The lowest BCUT2D eigenvalue weighted by molar-refractivity contribution is -0.115. The summed E-state index contributed by atoms with van der Waals surface area (Å²) in [5, 5.41) is 0. The lowest BCUT2D eigenvalue weighted by atomic mass is 9.80. The zero-order valence-corrected chi connectivity index (χ0v) is 23.5. The van der Waals surface area contributed by atoms with Crippen LogP contribution in [0.15, 0.2) is 91.0 Å². The summed E-state index contributed by atoms with van der Waals surface area (Å²) in [6, 6.07) is 34.4. The summed E-state index contributed by atoms with van der Waals surface area (Å²) in [6.07, 6.45) is 0.870. The van der Waals surface area contributed by atoms with Crippen molar-refractivity contribution in [3.05, 3.63) is 108 Å². The Bertz CT molecular complexity index is 930. The van der Waals surface area contributed by atoms with Crippen molar-refractivity contribution in [2.24, 2.45) is 11.8 Å². The zero-order chi connectivity index (χ0) is 26.0. The summed E-state index contributed by atoms with van der Waals surface area (Å²) >= 11 is 0. The number of aldehydes is 1. The Morgan fingerprint density at radius 3 is 1.44 bits per heavy atom. The average Bonchev–Trinajstić information content (AvgIpc) is 2.95. The van der Waals surface area contributed by atoms with Gasteiger partial charge >= 0.3 is 0 Å². The van der Waals surface area contributed by atoms with Gasteiger partial charge in [-0.3, -0.25) is 0 Å². The molecule has 3 aromatic carbocycles. The predicted molar refractivity (Wildman–Crippen MR) is 152 cm³/mol. The molecule has 3 atom stereocenters. The third kappa shape index (κ3) is 6.05. The molecule has 192 valence electrons. The molecule has 0 amide bonds. The van der Waals surface area contributed by atoms with E-state index in [0.29, 0.717) is 6.61 Å². The molecule has 0 unspecified atom stereocenters. The molecule has 36 heavy (non-hydrogen) atoms. The number of hydrogen-bond donors (Lipinski definition) is 0. The fourth-order valence-electron chi connectivity index (χ4n) is 5.23. The van der Waals surface area contributed by atoms with E-state index in [-0.39, 0.29) is 17.9 Å². The van der Waals surface area contributed by atoms with Gasteiger partial charge in [0.1, 0.15) is 11.9 Å². The van der Waals surface area contributed by atoms with E-state index in [9.17, 15) is 4.79 Å². The molecule has 0 spiro atoms. The Hall–Kier alpha value is -2.53. The predicted octanol–water partition coefficient (Wildman–Crippen LogP) is 7.86. The normalized spacial score (nSPS) is 14.7. The zero-order valence-electron chi connectivity index (χ0n) is 22.5. The number of carbonyl (C=O) groups excluding carboxylic acids is 1. The van der Waals surface area contributed by atoms with Gasteiger partial charge in [-0.1, -0.05) is 126 Å². The van der Waals surface area contributed by atoms with Crippen molar-refractivity contribution in [3.8, 4) is 0 Å². The second-order valence-electron chi connectivity index (χ2n) is 9.89. The van der Waals surface area contributed by atoms with Crippen LogP contribution in [-0.2, 0) is 19.6 Å². The average molecular weight is 503 g/mol. The molecular formula is C32H42O3Si. The van der Waals surface area contributed by atoms with Crippen LogP contribution < -0.4 is 0 Å². The van der Waals surface area contributed by atoms with Crippen molar-refractivity contribution in [3.63, 3.8) is 0 Å². The molecule has 0 saturated heterocycles. The van der Waals surface area contributed by atoms with E-state index in [1.807, 2.05) is 25.1 Å². The Kier molecular flexibility index (Phi) is 10.2. The summed E-state index contributed by atoms with van der Waals surface area (Å²) < 4.78 is 14.0. The van der Waals surface area contributed by atoms with Gasteiger partial charge in [0.15, 0.2) is 8.32 Å². The molecule has 0 saturated carbocycles. The highest BCUT2D eigenvalue weighted by atomic mass is 28.4. The fraction of sp³-hybridized carbons (Fsp3) is 0.406. The van der Waals surface area contributed by atoms with Crippen molar-refractivity contribution in [2.75, 3.05) is 6.61 Å². The van der Waals surface area contributed by atoms with Crippen LogP contribution in [0.25, 0.3) is 0 Å². The monoisotopic (exact) mass is 502 g/mol. The molecule has 3 rings (SSSR count). The Morgan fingerprint density at radius 2 is 1.11 bits per heavy atom. The Balaban J connectivity index is 2.04. The Labute approximate surface area is 219 Å². The van der Waals surface area contributed by atoms with Gasteiger partial charge in [0.2, 0.25) is 0 Å². The van der Waals surface area contributed by atoms with E-state index in [4.69, 9.17) is 9.16 Å². The topological polar surface area (TPSA) is 35.5 Å². The quantitative estimate of drug-likeness (QED) is 0.128. The van der Waals surface area contributed by atoms with Gasteiger partial charge in [0.25, 0.3) is 0 Å². The van der Waals surface area contributed by atoms with Crippen LogP contribution in [0.5, 0.6) is 0 Å². The minimum Gasteiger partial charge on any atom is -0.413 e. The highest BCUT2D eigenvalue weighted by Gasteiger charge is 2.40. The van der Waals surface area contributed by atoms with Crippen molar-refractivity contribution in [1.29, 1.82) is 0 Å². The van der Waals surface area contributed by atoms with Crippen molar-refractivity contribution in [1.82, 2.24) is 0 Å². The summed E-state index contributed by atoms with van der Waals surface area (Å²) in [7, 11) is -1.90. The van der Waals surface area contributed by atoms with Gasteiger partial charge in [-0.05, 0) is 34.8 Å². The molecular weight excluding hydrogens is 460 g/mol. The minimum atomic E-state index is -1.90. The van der Waals surface area contributed by atoms with Gasteiger partial charge in [0, 0.05) is 11.8 Å². The first-order valence-corrected chi connectivity index (χ1v) is 15.9. The molecule has 3 nitrogen and oxygen atoms in total. The van der Waals surface area contributed by atoms with Crippen LogP contribution in [-0.4, -0.2) is 27.3 Å². The van der Waals surface area contributed by atoms with E-state index in [2.05, 4.69) is 100 Å². The second kappa shape index (κ2) is 13.1. The van der Waals surface area contributed by atoms with Crippen LogP contribution in [0.4, 0.5) is 0 Å². The smallest absolute Gasteiger partial charge is 0.192 e. The van der Waals surface area contributed by atoms with E-state index in [0.717, 1.165) is 41.1 Å². The maximum Gasteiger partial charge on any atom is 0.192 e. The number of rotatable bonds is 14. The van der Waals surface area contributed by atoms with Crippen molar-refractivity contribution < 1.29 is 14.0 Å². The molecule has 0 radical (unpaired) electrons. The highest BCUT2D eigenvalue weighted by molar-refractivity contribution is 6.73. The lowest BCUT2D eigenvalue weighted by Gasteiger charge is -2.40. The van der Waals surface area contributed by atoms with Crippen LogP contribution in [0.1, 0.15) is 51.3 Å². The van der Waals surface area contributed by atoms with E-state index in [1.165, 1.54) is 0 Å². The van der Waals surface area contributed by atoms with Gasteiger partial charge in [-0.25, -0.2) is 0 Å². The maximum absolute atomic E-state index is 12.0. The van der Waals surface area contributed by atoms with Gasteiger partial charge < -0.3 is 14.0 Å². The van der Waals surface area contributed by atoms with Crippen LogP contribution >= 0.6 is 0 Å². The summed E-state index contributed by atoms with van der Waals surface area (Å²) in [5.74, 6) is -0.156. The number of hydrogen-bond acceptors (Lipinski definition) is 3. The first-order valence-electron chi connectivity index (χ1n) is 13.4. The first kappa shape index (κ1) is 28.0. The third-order valence-corrected chi connectivity index (χ3v) is 12.4. The molecule has 0 fully saturated rings. The highest BCUT2D eigenvalue weighted by Crippen LogP contribution is 2.41. The molecule has 0 N–H and O–H groups in total. The standard InChI is InChI=1S/C32H42O3Si/c1-6-36(7-2,8-3)35-31(26(4)24-33)27(5)25-34-32(28-18-12-9-13-19-28,29-20-14-10-15-21-29)30-22-16-11-17-23-30/h9-24,26-27,31H,6-8,25H2,1-5H3/t26-,27+,31+/m1/s1. The summed E-state index contributed by atoms with van der Waals surface area (Å²) in [6.45, 7) is 11.3. The largest absolute Gasteiger partial charge is 0.413 e. The maximum atomic E-state index is 12.0. The number of ether oxygens (including phenoxy) is 1. The minimum absolute atomic E-state index is 0.0391. The van der Waals surface area contributed by atoms with Gasteiger partial charge in [0.05, 0.1) is 12.7 Å². The van der Waals surface area contributed by atoms with E-state index < -0.39 is 13.9 Å². The summed E-state index contributed by atoms with van der Waals surface area (Å²) in [4.78, 5) is 12.0. The third-order valence-electron chi connectivity index (χ3n) is 7.72. The van der Waals surface area contributed by atoms with Crippen molar-refractivity contribution >= 4 is 14.6 Å². The lowest BCUT2D eigenvalue weighted by Crippen LogP contribution is -2.46. The SMILES string of the molecule is CC[Si](CC)(CC)O[C@@H]([C@H](C)C=O)[C@@H](C)COC(c1ccccc1)(c1ccccc1)c1ccccc1. The molecule has 0 aliphatic carbocycles. The summed E-state index contributed by atoms with van der Waals surface area (Å²) in [5.41, 5.74) is 2.46. The van der Waals surface area contributed by atoms with Gasteiger partial charge in [-0.2, -0.15) is 0 Å². The van der Waals surface area contributed by atoms with E-state index >= 15 is 0 Å². The van der Waals surface area contributed by atoms with Crippen LogP contribution in [0, 0.1) is 11.8 Å². The Morgan fingerprint density at radius 1 is 0.722 bits per heavy atom. The molecule has 0 heterocycles. The second-order valence-corrected chi connectivity index (χ2v) is 14.6. The molecule has 0 aliphatic heterocycles. The molecule has 3 aromatic rings. The molecule has 0 aliphatic rings. The molecule has 0 aromatic heterocycles. The number of carbonyl (C=O) groups is 1. The van der Waals surface area contributed by atoms with E-state index in [1.54, 1.807) is 0 Å². The van der Waals surface area contributed by atoms with Crippen LogP contribution in [0.3, 0.4) is 0 Å². The number of benzene rings is 3. The molecule has 0 bridgehead atoms.